The third kappa shape index (κ3) is 2.19. The van der Waals surface area contributed by atoms with Crippen LogP contribution in [-0.4, -0.2) is 18.6 Å². The number of aryl methyl sites for hydroxylation is 1. The lowest BCUT2D eigenvalue weighted by Crippen LogP contribution is -2.22. The monoisotopic (exact) mass is 230 g/mol. The molecule has 2 heteroatoms. The van der Waals surface area contributed by atoms with Crippen molar-refractivity contribution in [1.29, 1.82) is 0 Å². The van der Waals surface area contributed by atoms with Crippen molar-refractivity contribution in [1.82, 2.24) is 0 Å². The van der Waals surface area contributed by atoms with Gasteiger partial charge < -0.3 is 10.6 Å². The number of benzene rings is 1. The summed E-state index contributed by atoms with van der Waals surface area (Å²) in [4.78, 5) is 2.46. The first-order valence-corrected chi connectivity index (χ1v) is 6.86. The fourth-order valence-electron chi connectivity index (χ4n) is 2.81. The van der Waals surface area contributed by atoms with E-state index in [1.165, 1.54) is 42.6 Å². The first kappa shape index (κ1) is 11.1. The van der Waals surface area contributed by atoms with Crippen LogP contribution in [0, 0.1) is 0 Å². The minimum absolute atomic E-state index is 0.189. The largest absolute Gasteiger partial charge is 0.371 e. The predicted molar refractivity (Wildman–Crippen MR) is 72.5 cm³/mol. The van der Waals surface area contributed by atoms with Gasteiger partial charge in [-0.3, -0.25) is 0 Å². The Kier molecular flexibility index (Phi) is 2.62. The Morgan fingerprint density at radius 1 is 1.35 bits per heavy atom. The fourth-order valence-corrected chi connectivity index (χ4v) is 2.81. The second kappa shape index (κ2) is 4.02. The van der Waals surface area contributed by atoms with Gasteiger partial charge in [0.1, 0.15) is 0 Å². The molecule has 1 fully saturated rings. The summed E-state index contributed by atoms with van der Waals surface area (Å²) in [5.74, 6) is 0. The fraction of sp³-hybridized carbons (Fsp3) is 0.600. The molecule has 1 heterocycles. The van der Waals surface area contributed by atoms with E-state index in [2.05, 4.69) is 30.0 Å². The maximum absolute atomic E-state index is 6.14. The minimum Gasteiger partial charge on any atom is -0.371 e. The Morgan fingerprint density at radius 3 is 2.88 bits per heavy atom. The van der Waals surface area contributed by atoms with Crippen LogP contribution in [0.1, 0.15) is 37.3 Å². The Labute approximate surface area is 104 Å². The van der Waals surface area contributed by atoms with Gasteiger partial charge in [-0.05, 0) is 56.2 Å². The van der Waals surface area contributed by atoms with Gasteiger partial charge in [0.15, 0.2) is 0 Å². The van der Waals surface area contributed by atoms with Crippen molar-refractivity contribution in [2.75, 3.05) is 18.0 Å². The van der Waals surface area contributed by atoms with Crippen LogP contribution >= 0.6 is 0 Å². The molecule has 0 unspecified atom stereocenters. The van der Waals surface area contributed by atoms with Gasteiger partial charge in [-0.2, -0.15) is 0 Å². The summed E-state index contributed by atoms with van der Waals surface area (Å²) in [7, 11) is 0. The molecule has 0 radical (unpaired) electrons. The molecule has 0 saturated heterocycles. The van der Waals surface area contributed by atoms with Crippen molar-refractivity contribution in [3.05, 3.63) is 29.3 Å². The van der Waals surface area contributed by atoms with Crippen molar-refractivity contribution < 1.29 is 0 Å². The van der Waals surface area contributed by atoms with Crippen molar-refractivity contribution >= 4 is 5.69 Å². The van der Waals surface area contributed by atoms with Crippen LogP contribution in [-0.2, 0) is 12.8 Å². The molecule has 0 bridgehead atoms. The van der Waals surface area contributed by atoms with Gasteiger partial charge in [0.2, 0.25) is 0 Å². The van der Waals surface area contributed by atoms with E-state index in [1.807, 2.05) is 0 Å². The van der Waals surface area contributed by atoms with Crippen molar-refractivity contribution in [3.8, 4) is 0 Å². The van der Waals surface area contributed by atoms with Gasteiger partial charge >= 0.3 is 0 Å². The van der Waals surface area contributed by atoms with Crippen molar-refractivity contribution in [3.63, 3.8) is 0 Å². The van der Waals surface area contributed by atoms with Crippen molar-refractivity contribution in [2.45, 2.75) is 44.6 Å². The van der Waals surface area contributed by atoms with Crippen LogP contribution in [0.25, 0.3) is 0 Å². The zero-order valence-electron chi connectivity index (χ0n) is 10.7. The smallest absolute Gasteiger partial charge is 0.0399 e. The molecule has 0 amide bonds. The number of nitrogens with zero attached hydrogens (tertiary/aromatic N) is 1. The number of anilines is 1. The maximum Gasteiger partial charge on any atom is 0.0399 e. The van der Waals surface area contributed by atoms with Crippen LogP contribution in [0.15, 0.2) is 18.2 Å². The second-order valence-electron chi connectivity index (χ2n) is 5.66. The zero-order chi connectivity index (χ0) is 11.9. The summed E-state index contributed by atoms with van der Waals surface area (Å²) < 4.78 is 0. The Hall–Kier alpha value is -1.02. The van der Waals surface area contributed by atoms with Gasteiger partial charge in [-0.15, -0.1) is 0 Å². The van der Waals surface area contributed by atoms with Gasteiger partial charge in [0.25, 0.3) is 0 Å². The number of likely N-dealkylation sites (N-methyl/N-ethyl adjacent to an activating group) is 1. The van der Waals surface area contributed by atoms with E-state index >= 15 is 0 Å². The predicted octanol–water partition coefficient (Wildman–Crippen LogP) is 2.49. The van der Waals surface area contributed by atoms with E-state index in [9.17, 15) is 0 Å². The Morgan fingerprint density at radius 2 is 2.18 bits per heavy atom. The molecule has 3 rings (SSSR count). The summed E-state index contributed by atoms with van der Waals surface area (Å²) in [5, 5.41) is 0. The molecule has 2 N–H and O–H groups in total. The van der Waals surface area contributed by atoms with E-state index in [4.69, 9.17) is 5.73 Å². The maximum atomic E-state index is 6.14. The molecule has 0 spiro atoms. The highest BCUT2D eigenvalue weighted by Crippen LogP contribution is 2.37. The van der Waals surface area contributed by atoms with Gasteiger partial charge in [0, 0.05) is 24.3 Å². The average Bonchev–Trinajstić information content (AvgIpc) is 2.94. The lowest BCUT2D eigenvalue weighted by atomic mass is 10.0. The summed E-state index contributed by atoms with van der Waals surface area (Å²) in [6, 6.07) is 6.99. The van der Waals surface area contributed by atoms with E-state index in [-0.39, 0.29) is 5.54 Å². The molecule has 0 atom stereocenters. The summed E-state index contributed by atoms with van der Waals surface area (Å²) in [5.41, 5.74) is 10.8. The molecule has 1 aliphatic carbocycles. The number of nitrogens with two attached hydrogens (primary N) is 1. The number of fused-ring (bicyclic) bond motifs is 1. The molecular weight excluding hydrogens is 208 g/mol. The number of hydrogen-bond donors (Lipinski definition) is 1. The van der Waals surface area contributed by atoms with Crippen LogP contribution in [0.2, 0.25) is 0 Å². The second-order valence-corrected chi connectivity index (χ2v) is 5.66. The molecule has 1 saturated carbocycles. The molecule has 2 nitrogen and oxygen atoms in total. The van der Waals surface area contributed by atoms with Gasteiger partial charge in [0.05, 0.1) is 0 Å². The SMILES string of the molecule is CCN1CCc2cc(CCC3(N)CC3)ccc21. The molecule has 0 aromatic heterocycles. The lowest BCUT2D eigenvalue weighted by molar-refractivity contribution is 0.609. The van der Waals surface area contributed by atoms with Crippen molar-refractivity contribution in [2.24, 2.45) is 5.73 Å². The molecule has 1 aliphatic heterocycles. The Balaban J connectivity index is 1.71. The summed E-state index contributed by atoms with van der Waals surface area (Å²) in [6.07, 6.45) is 5.97. The lowest BCUT2D eigenvalue weighted by Gasteiger charge is -2.16. The first-order valence-electron chi connectivity index (χ1n) is 6.86. The first-order chi connectivity index (χ1) is 8.20. The standard InChI is InChI=1S/C15H22N2/c1-2-17-10-6-13-11-12(3-4-14(13)17)5-7-15(16)8-9-15/h3-4,11H,2,5-10,16H2,1H3. The molecule has 1 aromatic carbocycles. The zero-order valence-corrected chi connectivity index (χ0v) is 10.7. The third-order valence-corrected chi connectivity index (χ3v) is 4.32. The Bertz CT molecular complexity index is 421. The molecule has 2 aliphatic rings. The highest BCUT2D eigenvalue weighted by atomic mass is 15.1. The summed E-state index contributed by atoms with van der Waals surface area (Å²) in [6.45, 7) is 4.54. The molecular formula is C15H22N2. The normalized spacial score (nSPS) is 20.5. The van der Waals surface area contributed by atoms with E-state index in [0.717, 1.165) is 19.4 Å². The van der Waals surface area contributed by atoms with Crippen LogP contribution in [0.4, 0.5) is 5.69 Å². The number of rotatable bonds is 4. The highest BCUT2D eigenvalue weighted by molar-refractivity contribution is 5.59. The molecule has 17 heavy (non-hydrogen) atoms. The van der Waals surface area contributed by atoms with E-state index in [1.54, 1.807) is 0 Å². The van der Waals surface area contributed by atoms with E-state index in [0.29, 0.717) is 0 Å². The van der Waals surface area contributed by atoms with Crippen LogP contribution in [0.5, 0.6) is 0 Å². The third-order valence-electron chi connectivity index (χ3n) is 4.32. The minimum atomic E-state index is 0.189. The molecule has 92 valence electrons. The highest BCUT2D eigenvalue weighted by Gasteiger charge is 2.37. The van der Waals surface area contributed by atoms with Gasteiger partial charge in [-0.1, -0.05) is 12.1 Å². The molecule has 1 aromatic rings. The van der Waals surface area contributed by atoms with E-state index < -0.39 is 0 Å². The topological polar surface area (TPSA) is 29.3 Å². The summed E-state index contributed by atoms with van der Waals surface area (Å²) >= 11 is 0. The van der Waals surface area contributed by atoms with Crippen LogP contribution in [0.3, 0.4) is 0 Å². The van der Waals surface area contributed by atoms with Crippen LogP contribution < -0.4 is 10.6 Å². The van der Waals surface area contributed by atoms with Gasteiger partial charge in [-0.25, -0.2) is 0 Å². The average molecular weight is 230 g/mol. The number of hydrogen-bond acceptors (Lipinski definition) is 2. The quantitative estimate of drug-likeness (QED) is 0.861.